The quantitative estimate of drug-likeness (QED) is 0.924. The third-order valence-electron chi connectivity index (χ3n) is 3.96. The van der Waals surface area contributed by atoms with Crippen molar-refractivity contribution in [3.05, 3.63) is 26.8 Å². The van der Waals surface area contributed by atoms with Gasteiger partial charge in [-0.15, -0.1) is 0 Å². The molecule has 2 rings (SSSR count). The Kier molecular flexibility index (Phi) is 5.16. The molecule has 19 heavy (non-hydrogen) atoms. The Balaban J connectivity index is 1.83. The zero-order chi connectivity index (χ0) is 13.8. The van der Waals surface area contributed by atoms with Crippen LogP contribution < -0.4 is 10.9 Å². The summed E-state index contributed by atoms with van der Waals surface area (Å²) in [5.74, 6) is 0.873. The van der Waals surface area contributed by atoms with Gasteiger partial charge in [0.15, 0.2) is 0 Å². The Hall–Kier alpha value is -0.680. The lowest BCUT2D eigenvalue weighted by atomic mass is 9.87. The van der Waals surface area contributed by atoms with Gasteiger partial charge in [-0.25, -0.2) is 4.98 Å². The first-order valence-electron chi connectivity index (χ1n) is 7.03. The maximum atomic E-state index is 12.0. The van der Waals surface area contributed by atoms with Gasteiger partial charge in [0.25, 0.3) is 5.56 Å². The Labute approximate surface area is 122 Å². The zero-order valence-corrected chi connectivity index (χ0v) is 13.2. The van der Waals surface area contributed by atoms with Crippen LogP contribution in [0.4, 0.5) is 0 Å². The highest BCUT2D eigenvalue weighted by Crippen LogP contribution is 2.23. The van der Waals surface area contributed by atoms with Crippen LogP contribution in [0.1, 0.15) is 38.3 Å². The van der Waals surface area contributed by atoms with E-state index >= 15 is 0 Å². The van der Waals surface area contributed by atoms with Crippen molar-refractivity contribution >= 4 is 15.9 Å². The number of nitrogens with one attached hydrogen (secondary N) is 1. The van der Waals surface area contributed by atoms with E-state index < -0.39 is 0 Å². The molecule has 0 atom stereocenters. The second-order valence-corrected chi connectivity index (χ2v) is 6.35. The second-order valence-electron chi connectivity index (χ2n) is 5.55. The summed E-state index contributed by atoms with van der Waals surface area (Å²) in [6.45, 7) is 5.66. The molecule has 1 aliphatic rings. The number of aromatic nitrogens is 2. The van der Waals surface area contributed by atoms with E-state index in [2.05, 4.69) is 33.2 Å². The maximum absolute atomic E-state index is 12.0. The largest absolute Gasteiger partial charge is 0.312 e. The van der Waals surface area contributed by atoms with Gasteiger partial charge in [0, 0.05) is 19.1 Å². The molecule has 0 aliphatic heterocycles. The highest BCUT2D eigenvalue weighted by Gasteiger charge is 2.17. The van der Waals surface area contributed by atoms with Gasteiger partial charge in [0.2, 0.25) is 0 Å². The van der Waals surface area contributed by atoms with Crippen molar-refractivity contribution in [2.24, 2.45) is 5.92 Å². The number of hydrogen-bond donors (Lipinski definition) is 1. The first-order valence-corrected chi connectivity index (χ1v) is 7.82. The van der Waals surface area contributed by atoms with Gasteiger partial charge in [-0.2, -0.15) is 0 Å². The van der Waals surface area contributed by atoms with Crippen LogP contribution in [-0.2, 0) is 6.54 Å². The van der Waals surface area contributed by atoms with Crippen LogP contribution in [0.2, 0.25) is 0 Å². The maximum Gasteiger partial charge on any atom is 0.267 e. The van der Waals surface area contributed by atoms with E-state index in [0.29, 0.717) is 17.1 Å². The summed E-state index contributed by atoms with van der Waals surface area (Å²) >= 11 is 3.29. The Morgan fingerprint density at radius 3 is 2.79 bits per heavy atom. The van der Waals surface area contributed by atoms with Crippen LogP contribution in [0, 0.1) is 12.8 Å². The molecule has 0 unspecified atom stereocenters. The highest BCUT2D eigenvalue weighted by molar-refractivity contribution is 9.10. The van der Waals surface area contributed by atoms with Gasteiger partial charge >= 0.3 is 0 Å². The molecule has 4 nitrogen and oxygen atoms in total. The van der Waals surface area contributed by atoms with E-state index in [1.54, 1.807) is 10.9 Å². The zero-order valence-electron chi connectivity index (χ0n) is 11.7. The summed E-state index contributed by atoms with van der Waals surface area (Å²) < 4.78 is 2.23. The molecule has 1 N–H and O–H groups in total. The molecule has 106 valence electrons. The molecule has 1 aliphatic carbocycles. The van der Waals surface area contributed by atoms with Crippen molar-refractivity contribution in [1.29, 1.82) is 0 Å². The summed E-state index contributed by atoms with van der Waals surface area (Å²) in [7, 11) is 0. The van der Waals surface area contributed by atoms with Gasteiger partial charge in [0.1, 0.15) is 4.47 Å². The third kappa shape index (κ3) is 3.89. The SMILES string of the molecule is Cc1ncn(CCNC2CCC(C)CC2)c(=O)c1Br. The molecule has 1 saturated carbocycles. The van der Waals surface area contributed by atoms with Crippen LogP contribution in [0.25, 0.3) is 0 Å². The fourth-order valence-corrected chi connectivity index (χ4v) is 2.89. The van der Waals surface area contributed by atoms with Crippen molar-refractivity contribution in [3.8, 4) is 0 Å². The van der Waals surface area contributed by atoms with Gasteiger partial charge in [-0.1, -0.05) is 6.92 Å². The summed E-state index contributed by atoms with van der Waals surface area (Å²) in [5, 5.41) is 3.55. The minimum atomic E-state index is 0.00608. The number of aryl methyl sites for hydroxylation is 1. The Morgan fingerprint density at radius 2 is 2.11 bits per heavy atom. The Bertz CT molecular complexity index is 478. The summed E-state index contributed by atoms with van der Waals surface area (Å²) in [4.78, 5) is 16.2. The van der Waals surface area contributed by atoms with Crippen LogP contribution in [0.5, 0.6) is 0 Å². The lowest BCUT2D eigenvalue weighted by molar-refractivity contribution is 0.305. The van der Waals surface area contributed by atoms with Gasteiger partial charge < -0.3 is 5.32 Å². The van der Waals surface area contributed by atoms with Crippen molar-refractivity contribution in [3.63, 3.8) is 0 Å². The van der Waals surface area contributed by atoms with Crippen LogP contribution in [-0.4, -0.2) is 22.1 Å². The predicted molar refractivity (Wildman–Crippen MR) is 80.4 cm³/mol. The second kappa shape index (κ2) is 6.66. The molecule has 1 fully saturated rings. The number of hydrogen-bond acceptors (Lipinski definition) is 3. The summed E-state index contributed by atoms with van der Waals surface area (Å²) in [6.07, 6.45) is 6.77. The highest BCUT2D eigenvalue weighted by atomic mass is 79.9. The van der Waals surface area contributed by atoms with Crippen molar-refractivity contribution < 1.29 is 0 Å². The van der Waals surface area contributed by atoms with E-state index in [-0.39, 0.29) is 5.56 Å². The van der Waals surface area contributed by atoms with Crippen LogP contribution >= 0.6 is 15.9 Å². The van der Waals surface area contributed by atoms with Crippen molar-refractivity contribution in [2.45, 2.75) is 52.1 Å². The number of nitrogens with zero attached hydrogens (tertiary/aromatic N) is 2. The molecule has 0 aromatic carbocycles. The number of rotatable bonds is 4. The first kappa shape index (κ1) is 14.7. The lowest BCUT2D eigenvalue weighted by Gasteiger charge is -2.27. The fraction of sp³-hybridized carbons (Fsp3) is 0.714. The number of halogens is 1. The normalized spacial score (nSPS) is 23.5. The molecule has 5 heteroatoms. The molecule has 0 radical (unpaired) electrons. The molecule has 0 bridgehead atoms. The van der Waals surface area contributed by atoms with Crippen molar-refractivity contribution in [2.75, 3.05) is 6.54 Å². The summed E-state index contributed by atoms with van der Waals surface area (Å²) in [6, 6.07) is 0.619. The van der Waals surface area contributed by atoms with Gasteiger partial charge in [0.05, 0.1) is 12.0 Å². The predicted octanol–water partition coefficient (Wildman–Crippen LogP) is 2.48. The molecule has 0 saturated heterocycles. The topological polar surface area (TPSA) is 46.9 Å². The molecule has 0 amide bonds. The average molecular weight is 328 g/mol. The van der Waals surface area contributed by atoms with Crippen LogP contribution in [0.3, 0.4) is 0 Å². The monoisotopic (exact) mass is 327 g/mol. The molecule has 0 spiro atoms. The van der Waals surface area contributed by atoms with E-state index in [1.807, 2.05) is 6.92 Å². The molecule has 1 aromatic rings. The first-order chi connectivity index (χ1) is 9.08. The smallest absolute Gasteiger partial charge is 0.267 e. The third-order valence-corrected chi connectivity index (χ3v) is 4.87. The standard InChI is InChI=1S/C14H22BrN3O/c1-10-3-5-12(6-4-10)16-7-8-18-9-17-11(2)13(15)14(18)19/h9-10,12,16H,3-8H2,1-2H3. The van der Waals surface area contributed by atoms with E-state index in [1.165, 1.54) is 25.7 Å². The van der Waals surface area contributed by atoms with E-state index in [9.17, 15) is 4.79 Å². The molecule has 1 aromatic heterocycles. The van der Waals surface area contributed by atoms with Crippen LogP contribution in [0.15, 0.2) is 15.6 Å². The fourth-order valence-electron chi connectivity index (χ4n) is 2.56. The minimum absolute atomic E-state index is 0.00608. The minimum Gasteiger partial charge on any atom is -0.312 e. The van der Waals surface area contributed by atoms with Crippen molar-refractivity contribution in [1.82, 2.24) is 14.9 Å². The molecular weight excluding hydrogens is 306 g/mol. The molecular formula is C14H22BrN3O. The lowest BCUT2D eigenvalue weighted by Crippen LogP contribution is -2.36. The van der Waals surface area contributed by atoms with Gasteiger partial charge in [-0.05, 0) is 54.5 Å². The summed E-state index contributed by atoms with van der Waals surface area (Å²) in [5.41, 5.74) is 0.752. The average Bonchev–Trinajstić information content (AvgIpc) is 2.41. The van der Waals surface area contributed by atoms with E-state index in [4.69, 9.17) is 0 Å². The Morgan fingerprint density at radius 1 is 1.42 bits per heavy atom. The van der Waals surface area contributed by atoms with E-state index in [0.717, 1.165) is 18.2 Å². The van der Waals surface area contributed by atoms with Gasteiger partial charge in [-0.3, -0.25) is 9.36 Å². The molecule has 1 heterocycles.